The van der Waals surface area contributed by atoms with E-state index in [0.717, 1.165) is 0 Å². The quantitative estimate of drug-likeness (QED) is 0.191. The molecule has 0 unspecified atom stereocenters. The van der Waals surface area contributed by atoms with Gasteiger partial charge in [0.2, 0.25) is 5.95 Å². The third kappa shape index (κ3) is 3.89. The summed E-state index contributed by atoms with van der Waals surface area (Å²) >= 11 is 0. The van der Waals surface area contributed by atoms with E-state index in [-0.39, 0.29) is 66.3 Å². The second kappa shape index (κ2) is 9.83. The van der Waals surface area contributed by atoms with E-state index in [4.69, 9.17) is 30.2 Å². The van der Waals surface area contributed by atoms with E-state index in [9.17, 15) is 0 Å². The van der Waals surface area contributed by atoms with Crippen LogP contribution in [0, 0.1) is 0 Å². The van der Waals surface area contributed by atoms with Crippen molar-refractivity contribution in [3.05, 3.63) is 155 Å². The topological polar surface area (TPSA) is 43.6 Å². The minimum absolute atomic E-state index is 0.0272. The zero-order chi connectivity index (χ0) is 51.8. The molecule has 8 aromatic rings. The lowest BCUT2D eigenvalue weighted by atomic mass is 9.82. The van der Waals surface area contributed by atoms with Crippen molar-refractivity contribution in [1.82, 2.24) is 19.5 Å². The molecule has 0 saturated heterocycles. The molecule has 2 aliphatic carbocycles. The Labute approximate surface area is 316 Å². The molecule has 0 radical (unpaired) electrons. The van der Waals surface area contributed by atoms with Gasteiger partial charge in [-0.3, -0.25) is 4.57 Å². The summed E-state index contributed by atoms with van der Waals surface area (Å²) in [5.74, 6) is -1.94. The molecule has 49 heavy (non-hydrogen) atoms. The second-order valence-corrected chi connectivity index (χ2v) is 12.0. The van der Waals surface area contributed by atoms with E-state index in [1.165, 1.54) is 41.0 Å². The Bertz CT molecular complexity index is 3360. The zero-order valence-corrected chi connectivity index (χ0v) is 25.2. The highest BCUT2D eigenvalue weighted by atomic mass is 15.2. The van der Waals surface area contributed by atoms with Gasteiger partial charge in [0.25, 0.3) is 0 Å². The maximum Gasteiger partial charge on any atom is 0.238 e. The van der Waals surface area contributed by atoms with Gasteiger partial charge in [-0.15, -0.1) is 0 Å². The Morgan fingerprint density at radius 3 is 1.41 bits per heavy atom. The molecular weight excluding hydrogens is 597 g/mol. The summed E-state index contributed by atoms with van der Waals surface area (Å²) in [6, 6.07) is 9.93. The molecule has 2 aromatic heterocycles. The summed E-state index contributed by atoms with van der Waals surface area (Å²) in [5, 5.41) is 0.491. The highest BCUT2D eigenvalue weighted by Crippen LogP contribution is 2.53. The van der Waals surface area contributed by atoms with Gasteiger partial charge in [-0.25, -0.2) is 4.98 Å². The first-order chi connectivity index (χ1) is 32.9. The summed E-state index contributed by atoms with van der Waals surface area (Å²) in [6.07, 6.45) is 0. The molecule has 0 saturated carbocycles. The van der Waals surface area contributed by atoms with Crippen LogP contribution in [0.25, 0.3) is 72.8 Å². The van der Waals surface area contributed by atoms with Crippen LogP contribution in [-0.4, -0.2) is 19.5 Å². The van der Waals surface area contributed by atoms with E-state index in [1.807, 2.05) is 0 Å². The van der Waals surface area contributed by atoms with Gasteiger partial charge in [0.15, 0.2) is 11.6 Å². The lowest BCUT2D eigenvalue weighted by Crippen LogP contribution is -2.15. The van der Waals surface area contributed by atoms with Crippen LogP contribution in [-0.2, 0) is 10.8 Å². The van der Waals surface area contributed by atoms with Crippen molar-refractivity contribution in [2.45, 2.75) is 38.2 Å². The summed E-state index contributed by atoms with van der Waals surface area (Å²) in [6.45, 7) is -13.0. The molecule has 0 N–H and O–H groups in total. The van der Waals surface area contributed by atoms with Crippen molar-refractivity contribution in [2.24, 2.45) is 0 Å². The zero-order valence-electron chi connectivity index (χ0n) is 47.2. The molecule has 0 atom stereocenters. The third-order valence-electron chi connectivity index (χ3n) is 9.37. The van der Waals surface area contributed by atoms with E-state index in [0.29, 0.717) is 0 Å². The van der Waals surface area contributed by atoms with Gasteiger partial charge >= 0.3 is 0 Å². The van der Waals surface area contributed by atoms with Crippen LogP contribution in [0.1, 0.15) is 79.8 Å². The fourth-order valence-corrected chi connectivity index (χ4v) is 7.18. The number of hydrogen-bond donors (Lipinski definition) is 0. The third-order valence-corrected chi connectivity index (χ3v) is 9.37. The molecule has 0 fully saturated rings. The summed E-state index contributed by atoms with van der Waals surface area (Å²) in [4.78, 5) is 13.7. The predicted octanol–water partition coefficient (Wildman–Crippen LogP) is 10.9. The minimum atomic E-state index is -3.26. The average Bonchev–Trinajstić information content (AvgIpc) is 3.89. The van der Waals surface area contributed by atoms with E-state index >= 15 is 0 Å². The van der Waals surface area contributed by atoms with Gasteiger partial charge in [-0.05, 0) is 68.8 Å². The fraction of sp³-hybridized carbons (Fsp3) is 0.133. The number of fused-ring (bicyclic) bond motifs is 9. The Kier molecular flexibility index (Phi) is 2.80. The van der Waals surface area contributed by atoms with Crippen LogP contribution < -0.4 is 0 Å². The Morgan fingerprint density at radius 2 is 0.959 bits per heavy atom. The van der Waals surface area contributed by atoms with Crippen molar-refractivity contribution in [1.29, 1.82) is 0 Å². The summed E-state index contributed by atoms with van der Waals surface area (Å²) in [7, 11) is 0. The molecule has 0 spiro atoms. The summed E-state index contributed by atoms with van der Waals surface area (Å²) < 4.78 is 195. The van der Waals surface area contributed by atoms with Crippen LogP contribution in [0.15, 0.2) is 133 Å². The molecule has 4 heteroatoms. The van der Waals surface area contributed by atoms with Crippen molar-refractivity contribution >= 4 is 21.8 Å². The van der Waals surface area contributed by atoms with Crippen molar-refractivity contribution < 1.29 is 30.2 Å². The summed E-state index contributed by atoms with van der Waals surface area (Å²) in [5.41, 5.74) is -6.20. The monoisotopic (exact) mass is 652 g/mol. The van der Waals surface area contributed by atoms with Crippen LogP contribution in [0.2, 0.25) is 0 Å². The van der Waals surface area contributed by atoms with Crippen molar-refractivity contribution in [2.75, 3.05) is 0 Å². The smallest absolute Gasteiger partial charge is 0.238 e. The minimum Gasteiger partial charge on any atom is -0.278 e. The Morgan fingerprint density at radius 1 is 0.510 bits per heavy atom. The maximum absolute atomic E-state index is 8.94. The maximum atomic E-state index is 8.94. The molecule has 6 aromatic carbocycles. The number of benzene rings is 6. The number of rotatable bonds is 3. The lowest BCUT2D eigenvalue weighted by Gasteiger charge is -2.22. The standard InChI is InChI=1S/C45H34N4/c1-44(2)35-21-13-11-19-29(35)31-23-33-34-24-32-30-20-12-14-22-36(30)45(3,4)38(32)26-40(34)49(39(33)25-37(31)44)43-47-41(27-15-7-5-8-16-27)46-42(48-43)28-17-9-6-10-18-28/h5-26H,1-4H3/i1D3,2D3,3D3,4D3,5D,6D,7D,8D,9D,10D,15D,16D,17D,18D. The van der Waals surface area contributed by atoms with Crippen LogP contribution in [0.3, 0.4) is 0 Å². The average molecular weight is 653 g/mol. The lowest BCUT2D eigenvalue weighted by molar-refractivity contribution is 0.660. The molecule has 0 amide bonds. The molecule has 0 aliphatic heterocycles. The van der Waals surface area contributed by atoms with Crippen molar-refractivity contribution in [3.8, 4) is 51.0 Å². The first-order valence-electron chi connectivity index (χ1n) is 26.2. The molecule has 2 heterocycles. The van der Waals surface area contributed by atoms with Gasteiger partial charge in [0.1, 0.15) is 0 Å². The van der Waals surface area contributed by atoms with Gasteiger partial charge in [-0.1, -0.05) is 136 Å². The Hall–Kier alpha value is -5.87. The van der Waals surface area contributed by atoms with Gasteiger partial charge in [-0.2, -0.15) is 9.97 Å². The van der Waals surface area contributed by atoms with Crippen LogP contribution >= 0.6 is 0 Å². The largest absolute Gasteiger partial charge is 0.278 e. The van der Waals surface area contributed by atoms with Gasteiger partial charge in [0.05, 0.1) is 24.7 Å². The van der Waals surface area contributed by atoms with E-state index in [1.54, 1.807) is 36.4 Å². The SMILES string of the molecule is [2H]c1c([2H])c([2H])c(-c2nc(-c3c([2H])c([2H])c([2H])c([2H])c3[2H])nc(-n3c4cc5c(cc4c4cc6c(cc43)C(C([2H])([2H])[2H])(C([2H])([2H])[2H])c3ccccc3-6)-c3ccccc3C5(C([2H])([2H])[2H])C([2H])([2H])[2H])n2)c([2H])c1[2H]. The van der Waals surface area contributed by atoms with E-state index in [2.05, 4.69) is 15.0 Å². The first-order valence-corrected chi connectivity index (χ1v) is 15.2. The number of aromatic nitrogens is 4. The molecule has 234 valence electrons. The molecular formula is C45H34N4. The highest BCUT2D eigenvalue weighted by Gasteiger charge is 2.38. The predicted molar refractivity (Wildman–Crippen MR) is 200 cm³/mol. The van der Waals surface area contributed by atoms with Gasteiger partial charge < -0.3 is 0 Å². The molecule has 2 aliphatic rings. The molecule has 0 bridgehead atoms. The highest BCUT2D eigenvalue weighted by molar-refractivity contribution is 6.13. The number of nitrogens with zero attached hydrogens (tertiary/aromatic N) is 4. The first kappa shape index (κ1) is 13.9. The van der Waals surface area contributed by atoms with Crippen LogP contribution in [0.4, 0.5) is 0 Å². The fourth-order valence-electron chi connectivity index (χ4n) is 7.18. The van der Waals surface area contributed by atoms with Crippen LogP contribution in [0.5, 0.6) is 0 Å². The number of hydrogen-bond acceptors (Lipinski definition) is 3. The van der Waals surface area contributed by atoms with Gasteiger partial charge in [0, 0.05) is 49.2 Å². The molecule has 4 nitrogen and oxygen atoms in total. The molecule has 10 rings (SSSR count). The normalized spacial score (nSPS) is 22.4. The van der Waals surface area contributed by atoms with E-state index < -0.39 is 127 Å². The second-order valence-electron chi connectivity index (χ2n) is 12.0. The Balaban J connectivity index is 1.46. The van der Waals surface area contributed by atoms with Crippen molar-refractivity contribution in [3.63, 3.8) is 0 Å².